The Morgan fingerprint density at radius 1 is 1.21 bits per heavy atom. The maximum absolute atomic E-state index is 5.50. The van der Waals surface area contributed by atoms with E-state index in [4.69, 9.17) is 4.52 Å². The van der Waals surface area contributed by atoms with Crippen molar-refractivity contribution in [2.75, 3.05) is 13.1 Å². The zero-order chi connectivity index (χ0) is 16.4. The molecule has 2 aromatic heterocycles. The lowest BCUT2D eigenvalue weighted by atomic mass is 10.1. The highest BCUT2D eigenvalue weighted by molar-refractivity contribution is 5.51. The molecule has 1 aliphatic heterocycles. The molecule has 3 aromatic rings. The summed E-state index contributed by atoms with van der Waals surface area (Å²) >= 11 is 0. The SMILES string of the molecule is Cc1ccc(CN2CCC(c3nc(-c4cccnc4)no3)C2)cc1. The Morgan fingerprint density at radius 3 is 2.88 bits per heavy atom. The third-order valence-electron chi connectivity index (χ3n) is 4.51. The molecule has 3 heterocycles. The van der Waals surface area contributed by atoms with Crippen LogP contribution < -0.4 is 0 Å². The first kappa shape index (κ1) is 15.0. The molecule has 5 heteroatoms. The van der Waals surface area contributed by atoms with E-state index in [0.717, 1.165) is 37.5 Å². The van der Waals surface area contributed by atoms with E-state index in [-0.39, 0.29) is 0 Å². The van der Waals surface area contributed by atoms with Crippen molar-refractivity contribution < 1.29 is 4.52 Å². The molecule has 1 fully saturated rings. The summed E-state index contributed by atoms with van der Waals surface area (Å²) in [5.41, 5.74) is 3.54. The first-order valence-electron chi connectivity index (χ1n) is 8.30. The Morgan fingerprint density at radius 2 is 2.08 bits per heavy atom. The number of pyridine rings is 1. The summed E-state index contributed by atoms with van der Waals surface area (Å²) in [7, 11) is 0. The number of rotatable bonds is 4. The predicted octanol–water partition coefficient (Wildman–Crippen LogP) is 3.43. The van der Waals surface area contributed by atoms with Gasteiger partial charge in [0.05, 0.1) is 5.92 Å². The minimum atomic E-state index is 0.313. The van der Waals surface area contributed by atoms with E-state index in [0.29, 0.717) is 11.7 Å². The summed E-state index contributed by atoms with van der Waals surface area (Å²) in [6.07, 6.45) is 4.55. The number of hydrogen-bond acceptors (Lipinski definition) is 5. The van der Waals surface area contributed by atoms with Gasteiger partial charge in [-0.15, -0.1) is 0 Å². The van der Waals surface area contributed by atoms with Crippen LogP contribution in [0.3, 0.4) is 0 Å². The Labute approximate surface area is 141 Å². The van der Waals surface area contributed by atoms with Gasteiger partial charge in [-0.1, -0.05) is 35.0 Å². The van der Waals surface area contributed by atoms with Crippen LogP contribution in [-0.2, 0) is 6.54 Å². The fourth-order valence-electron chi connectivity index (χ4n) is 3.14. The fraction of sp³-hybridized carbons (Fsp3) is 0.316. The molecule has 0 saturated carbocycles. The average Bonchev–Trinajstić information content (AvgIpc) is 3.27. The van der Waals surface area contributed by atoms with E-state index in [1.807, 2.05) is 12.1 Å². The van der Waals surface area contributed by atoms with E-state index >= 15 is 0 Å². The summed E-state index contributed by atoms with van der Waals surface area (Å²) in [6, 6.07) is 12.6. The molecule has 0 radical (unpaired) electrons. The van der Waals surface area contributed by atoms with Crippen molar-refractivity contribution >= 4 is 0 Å². The third-order valence-corrected chi connectivity index (χ3v) is 4.51. The van der Waals surface area contributed by atoms with Gasteiger partial charge in [-0.25, -0.2) is 0 Å². The van der Waals surface area contributed by atoms with Crippen LogP contribution in [0, 0.1) is 6.92 Å². The van der Waals surface area contributed by atoms with Crippen molar-refractivity contribution in [1.29, 1.82) is 0 Å². The molecular weight excluding hydrogens is 300 g/mol. The van der Waals surface area contributed by atoms with E-state index in [1.54, 1.807) is 12.4 Å². The van der Waals surface area contributed by atoms with Crippen LogP contribution in [0.4, 0.5) is 0 Å². The Kier molecular flexibility index (Phi) is 4.09. The van der Waals surface area contributed by atoms with E-state index in [2.05, 4.69) is 51.2 Å². The number of nitrogens with zero attached hydrogens (tertiary/aromatic N) is 4. The average molecular weight is 320 g/mol. The first-order chi connectivity index (χ1) is 11.8. The molecule has 1 saturated heterocycles. The van der Waals surface area contributed by atoms with Crippen LogP contribution in [0.5, 0.6) is 0 Å². The van der Waals surface area contributed by atoms with Crippen LogP contribution in [0.25, 0.3) is 11.4 Å². The minimum absolute atomic E-state index is 0.313. The topological polar surface area (TPSA) is 55.1 Å². The van der Waals surface area contributed by atoms with Crippen LogP contribution >= 0.6 is 0 Å². The molecule has 24 heavy (non-hydrogen) atoms. The molecule has 1 atom stereocenters. The standard InChI is InChI=1S/C19H20N4O/c1-14-4-6-15(7-5-14)12-23-10-8-17(13-23)19-21-18(22-24-19)16-3-2-9-20-11-16/h2-7,9,11,17H,8,10,12-13H2,1H3. The van der Waals surface area contributed by atoms with Crippen molar-refractivity contribution in [1.82, 2.24) is 20.0 Å². The summed E-state index contributed by atoms with van der Waals surface area (Å²) in [4.78, 5) is 11.1. The van der Waals surface area contributed by atoms with Gasteiger partial charge in [-0.3, -0.25) is 9.88 Å². The number of hydrogen-bond donors (Lipinski definition) is 0. The molecular formula is C19H20N4O. The van der Waals surface area contributed by atoms with E-state index in [9.17, 15) is 0 Å². The van der Waals surface area contributed by atoms with Gasteiger partial charge in [-0.2, -0.15) is 4.98 Å². The smallest absolute Gasteiger partial charge is 0.231 e. The van der Waals surface area contributed by atoms with Crippen LogP contribution in [-0.4, -0.2) is 33.1 Å². The van der Waals surface area contributed by atoms with Gasteiger partial charge < -0.3 is 4.52 Å². The van der Waals surface area contributed by atoms with Gasteiger partial charge in [0.25, 0.3) is 0 Å². The molecule has 0 aliphatic carbocycles. The molecule has 4 rings (SSSR count). The zero-order valence-corrected chi connectivity index (χ0v) is 13.7. The fourth-order valence-corrected chi connectivity index (χ4v) is 3.14. The minimum Gasteiger partial charge on any atom is -0.339 e. The Bertz CT molecular complexity index is 798. The molecule has 1 aliphatic rings. The van der Waals surface area contributed by atoms with Crippen molar-refractivity contribution in [3.63, 3.8) is 0 Å². The largest absolute Gasteiger partial charge is 0.339 e. The normalized spacial score (nSPS) is 18.1. The second-order valence-corrected chi connectivity index (χ2v) is 6.40. The molecule has 1 unspecified atom stereocenters. The van der Waals surface area contributed by atoms with Gasteiger partial charge in [-0.05, 0) is 37.6 Å². The highest BCUT2D eigenvalue weighted by Gasteiger charge is 2.28. The van der Waals surface area contributed by atoms with Crippen molar-refractivity contribution in [2.24, 2.45) is 0 Å². The molecule has 1 aromatic carbocycles. The second-order valence-electron chi connectivity index (χ2n) is 6.40. The maximum Gasteiger partial charge on any atom is 0.231 e. The number of aromatic nitrogens is 3. The predicted molar refractivity (Wildman–Crippen MR) is 91.3 cm³/mol. The lowest BCUT2D eigenvalue weighted by molar-refractivity contribution is 0.309. The summed E-state index contributed by atoms with van der Waals surface area (Å²) in [5, 5.41) is 4.11. The van der Waals surface area contributed by atoms with Crippen molar-refractivity contribution in [3.05, 3.63) is 65.8 Å². The molecule has 0 spiro atoms. The highest BCUT2D eigenvalue weighted by atomic mass is 16.5. The van der Waals surface area contributed by atoms with Gasteiger partial charge in [0, 0.05) is 31.0 Å². The van der Waals surface area contributed by atoms with Gasteiger partial charge in [0.15, 0.2) is 0 Å². The zero-order valence-electron chi connectivity index (χ0n) is 13.7. The van der Waals surface area contributed by atoms with E-state index in [1.165, 1.54) is 11.1 Å². The maximum atomic E-state index is 5.50. The molecule has 0 amide bonds. The summed E-state index contributed by atoms with van der Waals surface area (Å²) in [6.45, 7) is 5.11. The second kappa shape index (κ2) is 6.53. The first-order valence-corrected chi connectivity index (χ1v) is 8.30. The Hall–Kier alpha value is -2.53. The van der Waals surface area contributed by atoms with Crippen LogP contribution in [0.1, 0.15) is 29.4 Å². The third kappa shape index (κ3) is 3.21. The number of likely N-dealkylation sites (tertiary alicyclic amines) is 1. The number of aryl methyl sites for hydroxylation is 1. The molecule has 122 valence electrons. The van der Waals surface area contributed by atoms with Crippen LogP contribution in [0.15, 0.2) is 53.3 Å². The highest BCUT2D eigenvalue weighted by Crippen LogP contribution is 2.28. The van der Waals surface area contributed by atoms with Crippen molar-refractivity contribution in [2.45, 2.75) is 25.8 Å². The summed E-state index contributed by atoms with van der Waals surface area (Å²) in [5.74, 6) is 1.67. The molecule has 0 bridgehead atoms. The van der Waals surface area contributed by atoms with Gasteiger partial charge in [0.2, 0.25) is 11.7 Å². The van der Waals surface area contributed by atoms with E-state index < -0.39 is 0 Å². The number of benzene rings is 1. The lowest BCUT2D eigenvalue weighted by Crippen LogP contribution is -2.19. The Balaban J connectivity index is 1.42. The molecule has 5 nitrogen and oxygen atoms in total. The summed E-state index contributed by atoms with van der Waals surface area (Å²) < 4.78 is 5.50. The van der Waals surface area contributed by atoms with Crippen molar-refractivity contribution in [3.8, 4) is 11.4 Å². The van der Waals surface area contributed by atoms with Gasteiger partial charge in [0.1, 0.15) is 0 Å². The quantitative estimate of drug-likeness (QED) is 0.737. The monoisotopic (exact) mass is 320 g/mol. The lowest BCUT2D eigenvalue weighted by Gasteiger charge is -2.15. The van der Waals surface area contributed by atoms with Crippen LogP contribution in [0.2, 0.25) is 0 Å². The van der Waals surface area contributed by atoms with Gasteiger partial charge >= 0.3 is 0 Å². The molecule has 0 N–H and O–H groups in total.